The number of carbonyl (C=O) groups is 2. The van der Waals surface area contributed by atoms with Crippen LogP contribution in [0.15, 0.2) is 36.2 Å². The van der Waals surface area contributed by atoms with Crippen molar-refractivity contribution in [3.63, 3.8) is 0 Å². The molecule has 3 heterocycles. The Balaban J connectivity index is 1.43. The third kappa shape index (κ3) is 6.91. The van der Waals surface area contributed by atoms with Crippen LogP contribution in [0.3, 0.4) is 0 Å². The number of Topliss-reactive ketones (excluding diaryl/α,β-unsaturated/α-hetero) is 1. The third-order valence-electron chi connectivity index (χ3n) is 6.50. The summed E-state index contributed by atoms with van der Waals surface area (Å²) in [6.45, 7) is 5.53. The number of carbonyl (C=O) groups excluding carboxylic acids is 2. The van der Waals surface area contributed by atoms with Gasteiger partial charge >= 0.3 is 0 Å². The van der Waals surface area contributed by atoms with Crippen molar-refractivity contribution in [3.05, 3.63) is 41.7 Å². The van der Waals surface area contributed by atoms with Crippen LogP contribution in [0, 0.1) is 11.8 Å². The molecule has 4 N–H and O–H groups in total. The Kier molecular flexibility index (Phi) is 8.72. The van der Waals surface area contributed by atoms with Gasteiger partial charge in [0.2, 0.25) is 5.91 Å². The molecule has 8 atom stereocenters. The van der Waals surface area contributed by atoms with E-state index in [0.717, 1.165) is 0 Å². The SMILES string of the molecule is C/C(=C\C(=O)NCC(=O)c1ccncc1)C[C@@H]1OC[C@H](C[C@@H]2O[C@H]2[C@@H](C)[C@H](C)O)[C@@H](O)[C@H]1O. The summed E-state index contributed by atoms with van der Waals surface area (Å²) in [5.74, 6) is -0.892. The molecule has 2 aliphatic rings. The lowest BCUT2D eigenvalue weighted by Gasteiger charge is -2.38. The van der Waals surface area contributed by atoms with Crippen molar-refractivity contribution in [1.82, 2.24) is 10.3 Å². The summed E-state index contributed by atoms with van der Waals surface area (Å²) >= 11 is 0. The minimum absolute atomic E-state index is 0.00764. The van der Waals surface area contributed by atoms with Gasteiger partial charge in [-0.25, -0.2) is 0 Å². The molecule has 182 valence electrons. The first-order valence-corrected chi connectivity index (χ1v) is 11.4. The molecule has 0 aliphatic carbocycles. The number of aliphatic hydroxyl groups is 3. The highest BCUT2D eigenvalue weighted by atomic mass is 16.6. The van der Waals surface area contributed by atoms with E-state index in [4.69, 9.17) is 9.47 Å². The summed E-state index contributed by atoms with van der Waals surface area (Å²) < 4.78 is 11.4. The first kappa shape index (κ1) is 25.5. The summed E-state index contributed by atoms with van der Waals surface area (Å²) in [5.41, 5.74) is 1.13. The number of ketones is 1. The van der Waals surface area contributed by atoms with Crippen LogP contribution in [0.2, 0.25) is 0 Å². The maximum Gasteiger partial charge on any atom is 0.244 e. The summed E-state index contributed by atoms with van der Waals surface area (Å²) in [6.07, 6.45) is 1.98. The van der Waals surface area contributed by atoms with E-state index in [1.54, 1.807) is 26.0 Å². The zero-order chi connectivity index (χ0) is 24.1. The lowest BCUT2D eigenvalue weighted by atomic mass is 9.85. The second-order valence-corrected chi connectivity index (χ2v) is 9.16. The normalized spacial score (nSPS) is 31.5. The molecule has 3 rings (SSSR count). The van der Waals surface area contributed by atoms with Crippen molar-refractivity contribution in [1.29, 1.82) is 0 Å². The highest BCUT2D eigenvalue weighted by Crippen LogP contribution is 2.38. The summed E-state index contributed by atoms with van der Waals surface area (Å²) in [4.78, 5) is 28.1. The molecule has 0 aromatic carbocycles. The van der Waals surface area contributed by atoms with Gasteiger partial charge in [-0.05, 0) is 38.8 Å². The van der Waals surface area contributed by atoms with Gasteiger partial charge in [0, 0.05) is 35.9 Å². The highest BCUT2D eigenvalue weighted by Gasteiger charge is 2.48. The van der Waals surface area contributed by atoms with Crippen molar-refractivity contribution in [2.75, 3.05) is 13.2 Å². The molecule has 2 saturated heterocycles. The van der Waals surface area contributed by atoms with Gasteiger partial charge in [0.15, 0.2) is 5.78 Å². The zero-order valence-electron chi connectivity index (χ0n) is 19.3. The molecule has 9 nitrogen and oxygen atoms in total. The minimum atomic E-state index is -1.09. The molecule has 0 bridgehead atoms. The molecule has 33 heavy (non-hydrogen) atoms. The molecule has 1 amide bonds. The monoisotopic (exact) mass is 462 g/mol. The van der Waals surface area contributed by atoms with E-state index in [9.17, 15) is 24.9 Å². The van der Waals surface area contributed by atoms with Gasteiger partial charge in [-0.15, -0.1) is 0 Å². The van der Waals surface area contributed by atoms with Crippen molar-refractivity contribution in [2.45, 2.75) is 70.2 Å². The third-order valence-corrected chi connectivity index (χ3v) is 6.50. The van der Waals surface area contributed by atoms with E-state index >= 15 is 0 Å². The van der Waals surface area contributed by atoms with Crippen LogP contribution in [-0.4, -0.2) is 81.8 Å². The fourth-order valence-electron chi connectivity index (χ4n) is 4.17. The van der Waals surface area contributed by atoms with Gasteiger partial charge < -0.3 is 30.1 Å². The number of ether oxygens (including phenoxy) is 2. The molecular formula is C24H34N2O7. The highest BCUT2D eigenvalue weighted by molar-refractivity contribution is 6.00. The summed E-state index contributed by atoms with van der Waals surface area (Å²) in [6, 6.07) is 3.17. The van der Waals surface area contributed by atoms with E-state index in [0.29, 0.717) is 17.6 Å². The first-order chi connectivity index (χ1) is 15.7. The lowest BCUT2D eigenvalue weighted by Crippen LogP contribution is -2.50. The Morgan fingerprint density at radius 2 is 1.91 bits per heavy atom. The molecule has 1 aromatic heterocycles. The van der Waals surface area contributed by atoms with Crippen LogP contribution in [0.4, 0.5) is 0 Å². The van der Waals surface area contributed by atoms with Crippen LogP contribution in [0.5, 0.6) is 0 Å². The Morgan fingerprint density at radius 3 is 2.58 bits per heavy atom. The van der Waals surface area contributed by atoms with Gasteiger partial charge in [-0.2, -0.15) is 0 Å². The average molecular weight is 463 g/mol. The lowest BCUT2D eigenvalue weighted by molar-refractivity contribution is -0.165. The number of aromatic nitrogens is 1. The fourth-order valence-corrected chi connectivity index (χ4v) is 4.17. The van der Waals surface area contributed by atoms with Crippen LogP contribution < -0.4 is 5.32 Å². The van der Waals surface area contributed by atoms with Crippen LogP contribution in [-0.2, 0) is 14.3 Å². The maximum atomic E-state index is 12.2. The molecule has 0 unspecified atom stereocenters. The second kappa shape index (κ2) is 11.3. The molecule has 1 aromatic rings. The van der Waals surface area contributed by atoms with Crippen molar-refractivity contribution in [2.24, 2.45) is 11.8 Å². The fraction of sp³-hybridized carbons (Fsp3) is 0.625. The van der Waals surface area contributed by atoms with Gasteiger partial charge in [-0.1, -0.05) is 12.5 Å². The molecule has 0 spiro atoms. The average Bonchev–Trinajstić information content (AvgIpc) is 3.56. The Hall–Kier alpha value is -2.17. The molecule has 9 heteroatoms. The van der Waals surface area contributed by atoms with Crippen molar-refractivity contribution in [3.8, 4) is 0 Å². The van der Waals surface area contributed by atoms with Gasteiger partial charge in [0.1, 0.15) is 6.10 Å². The number of hydrogen-bond donors (Lipinski definition) is 4. The molecular weight excluding hydrogens is 428 g/mol. The number of pyridine rings is 1. The topological polar surface area (TPSA) is 142 Å². The van der Waals surface area contributed by atoms with E-state index < -0.39 is 30.3 Å². The van der Waals surface area contributed by atoms with Crippen LogP contribution >= 0.6 is 0 Å². The summed E-state index contributed by atoms with van der Waals surface area (Å²) in [5, 5.41) is 33.4. The molecule has 2 aliphatic heterocycles. The summed E-state index contributed by atoms with van der Waals surface area (Å²) in [7, 11) is 0. The van der Waals surface area contributed by atoms with Crippen LogP contribution in [0.1, 0.15) is 44.0 Å². The minimum Gasteiger partial charge on any atom is -0.393 e. The number of hydrogen-bond acceptors (Lipinski definition) is 8. The van der Waals surface area contributed by atoms with Crippen molar-refractivity contribution >= 4 is 11.7 Å². The van der Waals surface area contributed by atoms with Gasteiger partial charge in [0.25, 0.3) is 0 Å². The standard InChI is InChI=1S/C24H34N2O7/c1-13(9-21(29)26-11-18(28)16-4-6-25-7-5-16)8-19-23(31)22(30)17(12-32-19)10-20-24(33-20)14(2)15(3)27/h4-7,9,14-15,17,19-20,22-24,27,30-31H,8,10-12H2,1-3H3,(H,26,29)/b13-9+/t14-,15-,17-,19-,20-,22+,23-,24-/m0/s1. The zero-order valence-corrected chi connectivity index (χ0v) is 19.3. The van der Waals surface area contributed by atoms with E-state index in [1.807, 2.05) is 6.92 Å². The quantitative estimate of drug-likeness (QED) is 0.225. The number of nitrogens with one attached hydrogen (secondary N) is 1. The Labute approximate surface area is 193 Å². The number of rotatable bonds is 10. The Bertz CT molecular complexity index is 844. The maximum absolute atomic E-state index is 12.2. The first-order valence-electron chi connectivity index (χ1n) is 11.4. The largest absolute Gasteiger partial charge is 0.393 e. The van der Waals surface area contributed by atoms with Gasteiger partial charge in [-0.3, -0.25) is 14.6 Å². The number of aliphatic hydroxyl groups excluding tert-OH is 3. The van der Waals surface area contributed by atoms with Gasteiger partial charge in [0.05, 0.1) is 43.7 Å². The predicted octanol–water partition coefficient (Wildman–Crippen LogP) is 0.628. The molecule has 0 radical (unpaired) electrons. The predicted molar refractivity (Wildman–Crippen MR) is 119 cm³/mol. The number of epoxide rings is 1. The van der Waals surface area contributed by atoms with E-state index in [-0.39, 0.29) is 49.4 Å². The second-order valence-electron chi connectivity index (χ2n) is 9.16. The van der Waals surface area contributed by atoms with Crippen LogP contribution in [0.25, 0.3) is 0 Å². The van der Waals surface area contributed by atoms with E-state index in [2.05, 4.69) is 10.3 Å². The Morgan fingerprint density at radius 1 is 1.21 bits per heavy atom. The molecule has 2 fully saturated rings. The number of amides is 1. The smallest absolute Gasteiger partial charge is 0.244 e. The van der Waals surface area contributed by atoms with E-state index in [1.165, 1.54) is 18.5 Å². The van der Waals surface area contributed by atoms with Crippen molar-refractivity contribution < 1.29 is 34.4 Å². The molecule has 0 saturated carbocycles. The number of nitrogens with zero attached hydrogens (tertiary/aromatic N) is 1.